The number of carbonyl (C=O) groups is 3. The molecule has 0 aromatic heterocycles. The van der Waals surface area contributed by atoms with Crippen LogP contribution in [0.15, 0.2) is 0 Å². The zero-order valence-corrected chi connectivity index (χ0v) is 14.5. The maximum absolute atomic E-state index is 12.5. The number of likely N-dealkylation sites (tertiary alicyclic amines) is 1. The summed E-state index contributed by atoms with van der Waals surface area (Å²) in [5, 5.41) is 3.80. The van der Waals surface area contributed by atoms with Crippen LogP contribution in [0.5, 0.6) is 0 Å². The van der Waals surface area contributed by atoms with Crippen LogP contribution in [0.3, 0.4) is 0 Å². The molecule has 2 atom stereocenters. The molecule has 1 aliphatic rings. The summed E-state index contributed by atoms with van der Waals surface area (Å²) in [4.78, 5) is 38.0. The molecule has 0 aromatic carbocycles. The Morgan fingerprint density at radius 2 is 2.04 bits per heavy atom. The minimum absolute atomic E-state index is 0.0237. The van der Waals surface area contributed by atoms with E-state index < -0.39 is 11.9 Å². The van der Waals surface area contributed by atoms with Crippen LogP contribution < -0.4 is 11.2 Å². The Hall–Kier alpha value is -1.47. The van der Waals surface area contributed by atoms with Crippen molar-refractivity contribution in [1.82, 2.24) is 15.2 Å². The van der Waals surface area contributed by atoms with Gasteiger partial charge in [0.2, 0.25) is 5.91 Å². The first-order valence-corrected chi connectivity index (χ1v) is 8.47. The van der Waals surface area contributed by atoms with Gasteiger partial charge in [-0.15, -0.1) is 0 Å². The Bertz CT molecular complexity index is 428. The summed E-state index contributed by atoms with van der Waals surface area (Å²) >= 11 is 0. The van der Waals surface area contributed by atoms with Gasteiger partial charge in [0.25, 0.3) is 5.91 Å². The van der Waals surface area contributed by atoms with Crippen LogP contribution in [-0.2, 0) is 14.4 Å². The van der Waals surface area contributed by atoms with Gasteiger partial charge < -0.3 is 5.32 Å². The number of ketones is 1. The lowest BCUT2D eigenvalue weighted by Gasteiger charge is -2.29. The van der Waals surface area contributed by atoms with Gasteiger partial charge in [-0.3, -0.25) is 24.3 Å². The predicted octanol–water partition coefficient (Wildman–Crippen LogP) is 0.437. The largest absolute Gasteiger partial charge is 0.344 e. The van der Waals surface area contributed by atoms with Crippen molar-refractivity contribution in [3.8, 4) is 0 Å². The molecular formula is C16H30N4O3. The molecule has 0 saturated carbocycles. The lowest BCUT2D eigenvalue weighted by molar-refractivity contribution is -0.139. The highest BCUT2D eigenvalue weighted by Crippen LogP contribution is 2.17. The lowest BCUT2D eigenvalue weighted by atomic mass is 10.1. The number of Topliss-reactive ketones (excluding diaryl/α,β-unsaturated/α-hetero) is 1. The van der Waals surface area contributed by atoms with Gasteiger partial charge in [-0.05, 0) is 39.3 Å². The second kappa shape index (κ2) is 9.62. The summed E-state index contributed by atoms with van der Waals surface area (Å²) in [5.41, 5.74) is 0. The topological polar surface area (TPSA) is 95.7 Å². The molecule has 0 spiro atoms. The predicted molar refractivity (Wildman–Crippen MR) is 88.3 cm³/mol. The van der Waals surface area contributed by atoms with Gasteiger partial charge >= 0.3 is 0 Å². The second-order valence-electron chi connectivity index (χ2n) is 6.19. The highest BCUT2D eigenvalue weighted by molar-refractivity contribution is 5.91. The number of nitrogens with two attached hydrogens (primary N) is 1. The Kier molecular flexibility index (Phi) is 8.19. The molecule has 0 aromatic rings. The summed E-state index contributed by atoms with van der Waals surface area (Å²) in [6, 6.07) is -0.619. The fraction of sp³-hybridized carbons (Fsp3) is 0.812. The zero-order chi connectivity index (χ0) is 17.4. The summed E-state index contributed by atoms with van der Waals surface area (Å²) in [6.07, 6.45) is 3.11. The van der Waals surface area contributed by atoms with Gasteiger partial charge in [-0.1, -0.05) is 13.8 Å². The Labute approximate surface area is 138 Å². The molecule has 2 amide bonds. The van der Waals surface area contributed by atoms with E-state index in [-0.39, 0.29) is 24.2 Å². The molecule has 2 unspecified atom stereocenters. The molecule has 1 fully saturated rings. The average molecular weight is 326 g/mol. The molecule has 0 bridgehead atoms. The molecule has 0 aliphatic carbocycles. The number of hydrogen-bond donors (Lipinski definition) is 2. The average Bonchev–Trinajstić information content (AvgIpc) is 2.92. The number of hydrogen-bond acceptors (Lipinski definition) is 5. The number of hydrazine groups is 1. The number of carbonyl (C=O) groups excluding carboxylic acids is 3. The summed E-state index contributed by atoms with van der Waals surface area (Å²) < 4.78 is 0. The maximum Gasteiger partial charge on any atom is 0.259 e. The molecule has 3 N–H and O–H groups in total. The third-order valence-electron chi connectivity index (χ3n) is 4.20. The normalized spacial score (nSPS) is 19.4. The van der Waals surface area contributed by atoms with E-state index >= 15 is 0 Å². The van der Waals surface area contributed by atoms with E-state index in [9.17, 15) is 14.4 Å². The molecule has 1 saturated heterocycles. The Morgan fingerprint density at radius 3 is 2.61 bits per heavy atom. The monoisotopic (exact) mass is 326 g/mol. The van der Waals surface area contributed by atoms with Crippen molar-refractivity contribution >= 4 is 17.6 Å². The molecule has 1 heterocycles. The first-order chi connectivity index (χ1) is 10.9. The number of amides is 2. The van der Waals surface area contributed by atoms with Crippen molar-refractivity contribution in [3.05, 3.63) is 0 Å². The Balaban J connectivity index is 2.66. The third-order valence-corrected chi connectivity index (χ3v) is 4.20. The van der Waals surface area contributed by atoms with Crippen molar-refractivity contribution < 1.29 is 14.4 Å². The van der Waals surface area contributed by atoms with Crippen molar-refractivity contribution in [2.24, 2.45) is 5.84 Å². The minimum Gasteiger partial charge on any atom is -0.344 e. The van der Waals surface area contributed by atoms with E-state index in [0.29, 0.717) is 19.4 Å². The highest BCUT2D eigenvalue weighted by Gasteiger charge is 2.30. The lowest BCUT2D eigenvalue weighted by Crippen LogP contribution is -2.54. The van der Waals surface area contributed by atoms with E-state index in [2.05, 4.69) is 17.1 Å². The van der Waals surface area contributed by atoms with Crippen LogP contribution in [0.2, 0.25) is 0 Å². The molecular weight excluding hydrogens is 296 g/mol. The van der Waals surface area contributed by atoms with E-state index in [1.807, 2.05) is 6.92 Å². The zero-order valence-electron chi connectivity index (χ0n) is 14.5. The number of likely N-dealkylation sites (N-methyl/N-ethyl adjacent to an activating group) is 1. The fourth-order valence-corrected chi connectivity index (χ4v) is 3.02. The van der Waals surface area contributed by atoms with Crippen LogP contribution >= 0.6 is 0 Å². The van der Waals surface area contributed by atoms with E-state index in [4.69, 9.17) is 5.84 Å². The van der Waals surface area contributed by atoms with Crippen LogP contribution in [0.25, 0.3) is 0 Å². The van der Waals surface area contributed by atoms with Gasteiger partial charge in [0.05, 0.1) is 6.54 Å². The van der Waals surface area contributed by atoms with Gasteiger partial charge in [0, 0.05) is 18.9 Å². The van der Waals surface area contributed by atoms with E-state index in [1.165, 1.54) is 11.9 Å². The molecule has 132 valence electrons. The number of nitrogens with one attached hydrogen (secondary N) is 1. The van der Waals surface area contributed by atoms with Gasteiger partial charge in [-0.25, -0.2) is 5.84 Å². The van der Waals surface area contributed by atoms with Crippen molar-refractivity contribution in [2.45, 2.75) is 65.0 Å². The van der Waals surface area contributed by atoms with Crippen LogP contribution in [-0.4, -0.2) is 59.2 Å². The molecule has 7 heteroatoms. The third kappa shape index (κ3) is 6.27. The SMILES string of the molecule is CCCC(=O)NC(CC(C)=O)C(=O)N(N)CC1CCCN1CC. The molecule has 1 aliphatic heterocycles. The van der Waals surface area contributed by atoms with E-state index in [0.717, 1.165) is 25.9 Å². The molecule has 23 heavy (non-hydrogen) atoms. The minimum atomic E-state index is -0.868. The van der Waals surface area contributed by atoms with Gasteiger partial charge in [-0.2, -0.15) is 0 Å². The molecule has 7 nitrogen and oxygen atoms in total. The fourth-order valence-electron chi connectivity index (χ4n) is 3.02. The number of nitrogens with zero attached hydrogens (tertiary/aromatic N) is 2. The molecule has 1 rings (SSSR count). The van der Waals surface area contributed by atoms with E-state index in [1.54, 1.807) is 0 Å². The van der Waals surface area contributed by atoms with Crippen molar-refractivity contribution in [3.63, 3.8) is 0 Å². The summed E-state index contributed by atoms with van der Waals surface area (Å²) in [5.74, 6) is 5.17. The number of rotatable bonds is 9. The van der Waals surface area contributed by atoms with Crippen LogP contribution in [0, 0.1) is 0 Å². The van der Waals surface area contributed by atoms with Crippen molar-refractivity contribution in [1.29, 1.82) is 0 Å². The molecule has 0 radical (unpaired) electrons. The first kappa shape index (κ1) is 19.6. The summed E-state index contributed by atoms with van der Waals surface area (Å²) in [6.45, 7) is 7.75. The summed E-state index contributed by atoms with van der Waals surface area (Å²) in [7, 11) is 0. The van der Waals surface area contributed by atoms with Crippen molar-refractivity contribution in [2.75, 3.05) is 19.6 Å². The second-order valence-corrected chi connectivity index (χ2v) is 6.19. The standard InChI is InChI=1S/C16H30N4O3/c1-4-7-15(22)18-14(10-12(3)21)16(23)20(17)11-13-8-6-9-19(13)5-2/h13-14H,4-11,17H2,1-3H3,(H,18,22). The van der Waals surface area contributed by atoms with Gasteiger partial charge in [0.15, 0.2) is 0 Å². The quantitative estimate of drug-likeness (QED) is 0.364. The smallest absolute Gasteiger partial charge is 0.259 e. The van der Waals surface area contributed by atoms with Crippen LogP contribution in [0.4, 0.5) is 0 Å². The highest BCUT2D eigenvalue weighted by atomic mass is 16.2. The Morgan fingerprint density at radius 1 is 1.35 bits per heavy atom. The van der Waals surface area contributed by atoms with Crippen LogP contribution in [0.1, 0.15) is 52.9 Å². The first-order valence-electron chi connectivity index (χ1n) is 8.47. The maximum atomic E-state index is 12.5. The van der Waals surface area contributed by atoms with Gasteiger partial charge in [0.1, 0.15) is 11.8 Å².